The number of nitrogens with one attached hydrogen (secondary N) is 2. The van der Waals surface area contributed by atoms with E-state index in [0.29, 0.717) is 6.04 Å². The highest BCUT2D eigenvalue weighted by atomic mass is 79.9. The number of rotatable bonds is 2. The van der Waals surface area contributed by atoms with E-state index in [2.05, 4.69) is 26.6 Å². The zero-order valence-electron chi connectivity index (χ0n) is 14.0. The van der Waals surface area contributed by atoms with Crippen LogP contribution < -0.4 is 10.6 Å². The summed E-state index contributed by atoms with van der Waals surface area (Å²) in [5.41, 5.74) is 1.04. The second kappa shape index (κ2) is 11.0. The van der Waals surface area contributed by atoms with Crippen molar-refractivity contribution < 1.29 is 0 Å². The maximum atomic E-state index is 5.50. The van der Waals surface area contributed by atoms with Crippen LogP contribution in [0.4, 0.5) is 5.69 Å². The Morgan fingerprint density at radius 1 is 0.826 bits per heavy atom. The van der Waals surface area contributed by atoms with Gasteiger partial charge in [-0.25, -0.2) is 0 Å². The van der Waals surface area contributed by atoms with Crippen molar-refractivity contribution in [2.45, 2.75) is 76.7 Å². The summed E-state index contributed by atoms with van der Waals surface area (Å²) in [6.07, 6.45) is 14.9. The maximum Gasteiger partial charge on any atom is 0.170 e. The topological polar surface area (TPSA) is 24.1 Å². The Morgan fingerprint density at radius 2 is 1.30 bits per heavy atom. The predicted molar refractivity (Wildman–Crippen MR) is 108 cm³/mol. The average Bonchev–Trinajstić information content (AvgIpc) is 2.52. The molecule has 1 aliphatic rings. The number of hydrogen-bond donors (Lipinski definition) is 2. The van der Waals surface area contributed by atoms with Gasteiger partial charge in [0, 0.05) is 16.2 Å². The molecule has 23 heavy (non-hydrogen) atoms. The molecule has 2 rings (SSSR count). The van der Waals surface area contributed by atoms with Crippen molar-refractivity contribution in [3.8, 4) is 0 Å². The largest absolute Gasteiger partial charge is 0.360 e. The van der Waals surface area contributed by atoms with E-state index in [9.17, 15) is 0 Å². The van der Waals surface area contributed by atoms with Gasteiger partial charge < -0.3 is 10.6 Å². The first-order valence-corrected chi connectivity index (χ1v) is 10.3. The molecule has 0 bridgehead atoms. The molecule has 1 aromatic rings. The highest BCUT2D eigenvalue weighted by Crippen LogP contribution is 2.18. The number of benzene rings is 1. The van der Waals surface area contributed by atoms with Gasteiger partial charge in [0.05, 0.1) is 0 Å². The minimum atomic E-state index is 0.518. The molecule has 0 atom stereocenters. The van der Waals surface area contributed by atoms with E-state index >= 15 is 0 Å². The van der Waals surface area contributed by atoms with Crippen LogP contribution in [0.3, 0.4) is 0 Å². The van der Waals surface area contributed by atoms with Gasteiger partial charge in [-0.2, -0.15) is 0 Å². The SMILES string of the molecule is S=C(Nc1ccc(Br)cc1)NC1CCCCCCCCCCC1. The number of anilines is 1. The van der Waals surface area contributed by atoms with Gasteiger partial charge in [0.2, 0.25) is 0 Å². The lowest BCUT2D eigenvalue weighted by Gasteiger charge is -2.21. The fourth-order valence-corrected chi connectivity index (χ4v) is 3.74. The molecule has 2 nitrogen and oxygen atoms in total. The van der Waals surface area contributed by atoms with Crippen LogP contribution in [0.25, 0.3) is 0 Å². The molecule has 0 aliphatic heterocycles. The van der Waals surface area contributed by atoms with E-state index in [1.165, 1.54) is 70.6 Å². The standard InChI is InChI=1S/C19H29BrN2S/c20-16-12-14-18(15-13-16)22-19(23)21-17-10-8-6-4-2-1-3-5-7-9-11-17/h12-15,17H,1-11H2,(H2,21,22,23). The van der Waals surface area contributed by atoms with Crippen LogP contribution in [0.5, 0.6) is 0 Å². The lowest BCUT2D eigenvalue weighted by molar-refractivity contribution is 0.444. The second-order valence-corrected chi connectivity index (χ2v) is 7.89. The first-order chi connectivity index (χ1) is 11.2. The van der Waals surface area contributed by atoms with Crippen LogP contribution in [0.1, 0.15) is 70.6 Å². The molecule has 0 spiro atoms. The summed E-state index contributed by atoms with van der Waals surface area (Å²) in [6.45, 7) is 0. The number of hydrogen-bond acceptors (Lipinski definition) is 1. The molecule has 0 radical (unpaired) electrons. The molecular weight excluding hydrogens is 368 g/mol. The van der Waals surface area contributed by atoms with E-state index in [1.54, 1.807) is 0 Å². The van der Waals surface area contributed by atoms with E-state index in [1.807, 2.05) is 24.3 Å². The lowest BCUT2D eigenvalue weighted by atomic mass is 9.98. The minimum absolute atomic E-state index is 0.518. The third kappa shape index (κ3) is 8.16. The molecule has 0 saturated heterocycles. The van der Waals surface area contributed by atoms with Gasteiger partial charge >= 0.3 is 0 Å². The van der Waals surface area contributed by atoms with E-state index in [-0.39, 0.29) is 0 Å². The maximum absolute atomic E-state index is 5.50. The molecule has 4 heteroatoms. The van der Waals surface area contributed by atoms with Crippen molar-refractivity contribution >= 4 is 38.9 Å². The van der Waals surface area contributed by atoms with Crippen LogP contribution in [0.15, 0.2) is 28.7 Å². The highest BCUT2D eigenvalue weighted by Gasteiger charge is 2.11. The Balaban J connectivity index is 1.79. The van der Waals surface area contributed by atoms with Gasteiger partial charge in [-0.05, 0) is 49.3 Å². The molecule has 1 aliphatic carbocycles. The lowest BCUT2D eigenvalue weighted by Crippen LogP contribution is -2.37. The third-order valence-electron chi connectivity index (χ3n) is 4.54. The molecule has 128 valence electrons. The Bertz CT molecular complexity index is 449. The number of halogens is 1. The van der Waals surface area contributed by atoms with E-state index in [4.69, 9.17) is 12.2 Å². The van der Waals surface area contributed by atoms with Crippen molar-refractivity contribution in [1.29, 1.82) is 0 Å². The van der Waals surface area contributed by atoms with Gasteiger partial charge in [0.15, 0.2) is 5.11 Å². The summed E-state index contributed by atoms with van der Waals surface area (Å²) in [5.74, 6) is 0. The first kappa shape index (κ1) is 18.7. The molecule has 1 saturated carbocycles. The van der Waals surface area contributed by atoms with Crippen molar-refractivity contribution in [1.82, 2.24) is 5.32 Å². The van der Waals surface area contributed by atoms with Gasteiger partial charge in [0.1, 0.15) is 0 Å². The van der Waals surface area contributed by atoms with Crippen molar-refractivity contribution in [2.24, 2.45) is 0 Å². The fourth-order valence-electron chi connectivity index (χ4n) is 3.19. The summed E-state index contributed by atoms with van der Waals surface area (Å²) in [4.78, 5) is 0. The van der Waals surface area contributed by atoms with E-state index < -0.39 is 0 Å². The zero-order valence-corrected chi connectivity index (χ0v) is 16.4. The summed E-state index contributed by atoms with van der Waals surface area (Å²) in [5, 5.41) is 7.60. The van der Waals surface area contributed by atoms with Crippen LogP contribution in [0.2, 0.25) is 0 Å². The first-order valence-electron chi connectivity index (χ1n) is 9.07. The summed E-state index contributed by atoms with van der Waals surface area (Å²) in [7, 11) is 0. The van der Waals surface area contributed by atoms with Gasteiger partial charge in [-0.15, -0.1) is 0 Å². The zero-order chi connectivity index (χ0) is 16.3. The van der Waals surface area contributed by atoms with E-state index in [0.717, 1.165) is 15.3 Å². The smallest absolute Gasteiger partial charge is 0.170 e. The Kier molecular flexibility index (Phi) is 8.98. The average molecular weight is 397 g/mol. The Labute approximate surface area is 154 Å². The second-order valence-electron chi connectivity index (χ2n) is 6.56. The molecule has 0 unspecified atom stereocenters. The molecule has 1 aromatic carbocycles. The third-order valence-corrected chi connectivity index (χ3v) is 5.29. The van der Waals surface area contributed by atoms with Gasteiger partial charge in [-0.3, -0.25) is 0 Å². The van der Waals surface area contributed by atoms with Crippen molar-refractivity contribution in [3.63, 3.8) is 0 Å². The Hall–Kier alpha value is -0.610. The normalized spacial score (nSPS) is 18.5. The summed E-state index contributed by atoms with van der Waals surface area (Å²) >= 11 is 8.96. The van der Waals surface area contributed by atoms with Crippen molar-refractivity contribution in [2.75, 3.05) is 5.32 Å². The minimum Gasteiger partial charge on any atom is -0.360 e. The van der Waals surface area contributed by atoms with Crippen LogP contribution in [-0.4, -0.2) is 11.2 Å². The molecule has 2 N–H and O–H groups in total. The molecule has 0 amide bonds. The van der Waals surface area contributed by atoms with Crippen molar-refractivity contribution in [3.05, 3.63) is 28.7 Å². The number of thiocarbonyl (C=S) groups is 1. The molecule has 0 heterocycles. The summed E-state index contributed by atoms with van der Waals surface area (Å²) in [6, 6.07) is 8.66. The highest BCUT2D eigenvalue weighted by molar-refractivity contribution is 9.10. The van der Waals surface area contributed by atoms with Crippen LogP contribution in [-0.2, 0) is 0 Å². The predicted octanol–water partition coefficient (Wildman–Crippen LogP) is 6.41. The molecule has 0 aromatic heterocycles. The van der Waals surface area contributed by atoms with Gasteiger partial charge in [-0.1, -0.05) is 73.7 Å². The fraction of sp³-hybridized carbons (Fsp3) is 0.632. The quantitative estimate of drug-likeness (QED) is 0.564. The van der Waals surface area contributed by atoms with Crippen LogP contribution in [0, 0.1) is 0 Å². The molecular formula is C19H29BrN2S. The van der Waals surface area contributed by atoms with Gasteiger partial charge in [0.25, 0.3) is 0 Å². The monoisotopic (exact) mass is 396 g/mol. The molecule has 1 fully saturated rings. The summed E-state index contributed by atoms with van der Waals surface area (Å²) < 4.78 is 1.08. The Morgan fingerprint density at radius 3 is 1.83 bits per heavy atom. The van der Waals surface area contributed by atoms with Crippen LogP contribution >= 0.6 is 28.1 Å².